The molecular formula is C12H15Br2NO2. The number of benzene rings is 1. The number of carboxylic acids is 1. The Morgan fingerprint density at radius 1 is 1.35 bits per heavy atom. The molecule has 1 aromatic carbocycles. The van der Waals surface area contributed by atoms with E-state index in [9.17, 15) is 4.79 Å². The Bertz CT molecular complexity index is 389. The molecule has 5 heteroatoms. The SMILES string of the molecule is CC(CN(C)Cc1cc(Br)cc(Br)c1)C(=O)O. The smallest absolute Gasteiger partial charge is 0.307 e. The molecule has 0 bridgehead atoms. The molecule has 0 heterocycles. The maximum Gasteiger partial charge on any atom is 0.307 e. The lowest BCUT2D eigenvalue weighted by Gasteiger charge is -2.19. The first-order chi connectivity index (χ1) is 7.88. The van der Waals surface area contributed by atoms with Crippen LogP contribution in [0.4, 0.5) is 0 Å². The van der Waals surface area contributed by atoms with Gasteiger partial charge in [-0.25, -0.2) is 0 Å². The van der Waals surface area contributed by atoms with Crippen LogP contribution < -0.4 is 0 Å². The van der Waals surface area contributed by atoms with E-state index in [2.05, 4.69) is 31.9 Å². The summed E-state index contributed by atoms with van der Waals surface area (Å²) < 4.78 is 2.03. The van der Waals surface area contributed by atoms with E-state index in [0.717, 1.165) is 21.1 Å². The van der Waals surface area contributed by atoms with Crippen LogP contribution in [0.5, 0.6) is 0 Å². The van der Waals surface area contributed by atoms with Crippen molar-refractivity contribution in [1.29, 1.82) is 0 Å². The summed E-state index contributed by atoms with van der Waals surface area (Å²) in [6, 6.07) is 6.04. The van der Waals surface area contributed by atoms with Gasteiger partial charge in [0.2, 0.25) is 0 Å². The zero-order chi connectivity index (χ0) is 13.0. The van der Waals surface area contributed by atoms with Gasteiger partial charge in [0.05, 0.1) is 5.92 Å². The van der Waals surface area contributed by atoms with E-state index >= 15 is 0 Å². The summed E-state index contributed by atoms with van der Waals surface area (Å²) in [5, 5.41) is 8.84. The highest BCUT2D eigenvalue weighted by atomic mass is 79.9. The highest BCUT2D eigenvalue weighted by molar-refractivity contribution is 9.11. The molecule has 0 radical (unpaired) electrons. The van der Waals surface area contributed by atoms with Crippen molar-refractivity contribution in [2.24, 2.45) is 5.92 Å². The molecule has 0 amide bonds. The monoisotopic (exact) mass is 363 g/mol. The number of aliphatic carboxylic acids is 1. The van der Waals surface area contributed by atoms with Crippen LogP contribution >= 0.6 is 31.9 Å². The van der Waals surface area contributed by atoms with Crippen molar-refractivity contribution in [3.8, 4) is 0 Å². The average molecular weight is 365 g/mol. The third kappa shape index (κ3) is 5.19. The minimum absolute atomic E-state index is 0.351. The number of carboxylic acid groups (broad SMARTS) is 1. The van der Waals surface area contributed by atoms with Gasteiger partial charge in [-0.3, -0.25) is 4.79 Å². The van der Waals surface area contributed by atoms with Crippen molar-refractivity contribution < 1.29 is 9.90 Å². The number of hydrogen-bond acceptors (Lipinski definition) is 2. The van der Waals surface area contributed by atoms with Crippen molar-refractivity contribution in [2.75, 3.05) is 13.6 Å². The van der Waals surface area contributed by atoms with Crippen LogP contribution in [0.15, 0.2) is 27.1 Å². The molecule has 1 rings (SSSR count). The molecule has 1 N–H and O–H groups in total. The Hall–Kier alpha value is -0.390. The van der Waals surface area contributed by atoms with Gasteiger partial charge in [0.1, 0.15) is 0 Å². The van der Waals surface area contributed by atoms with E-state index in [1.807, 2.05) is 30.1 Å². The quantitative estimate of drug-likeness (QED) is 0.870. The van der Waals surface area contributed by atoms with Crippen LogP contribution in [-0.2, 0) is 11.3 Å². The first-order valence-corrected chi connectivity index (χ1v) is 6.83. The average Bonchev–Trinajstić information content (AvgIpc) is 2.14. The van der Waals surface area contributed by atoms with Crippen LogP contribution in [0.3, 0.4) is 0 Å². The van der Waals surface area contributed by atoms with Crippen molar-refractivity contribution >= 4 is 37.8 Å². The Morgan fingerprint density at radius 3 is 2.35 bits per heavy atom. The predicted octanol–water partition coefficient (Wildman–Crippen LogP) is 3.36. The maximum atomic E-state index is 10.8. The molecule has 0 aliphatic carbocycles. The number of carbonyl (C=O) groups is 1. The Kier molecular flexibility index (Phi) is 5.62. The van der Waals surface area contributed by atoms with E-state index in [-0.39, 0.29) is 5.92 Å². The summed E-state index contributed by atoms with van der Waals surface area (Å²) in [6.45, 7) is 2.99. The second-order valence-corrected chi connectivity index (χ2v) is 6.05. The minimum Gasteiger partial charge on any atom is -0.481 e. The van der Waals surface area contributed by atoms with Crippen LogP contribution in [0.2, 0.25) is 0 Å². The summed E-state index contributed by atoms with van der Waals surface area (Å²) in [7, 11) is 1.92. The molecule has 0 saturated heterocycles. The second kappa shape index (κ2) is 6.52. The molecule has 0 spiro atoms. The van der Waals surface area contributed by atoms with Gasteiger partial charge in [-0.05, 0) is 30.8 Å². The van der Waals surface area contributed by atoms with Gasteiger partial charge in [0.25, 0.3) is 0 Å². The molecule has 0 fully saturated rings. The lowest BCUT2D eigenvalue weighted by molar-refractivity contribution is -0.141. The molecule has 17 heavy (non-hydrogen) atoms. The maximum absolute atomic E-state index is 10.8. The van der Waals surface area contributed by atoms with E-state index in [4.69, 9.17) is 5.11 Å². The van der Waals surface area contributed by atoms with Gasteiger partial charge in [0.15, 0.2) is 0 Å². The number of nitrogens with zero attached hydrogens (tertiary/aromatic N) is 1. The van der Waals surface area contributed by atoms with Gasteiger partial charge < -0.3 is 10.0 Å². The lowest BCUT2D eigenvalue weighted by atomic mass is 10.1. The molecule has 0 aliphatic heterocycles. The van der Waals surface area contributed by atoms with Gasteiger partial charge >= 0.3 is 5.97 Å². The fourth-order valence-corrected chi connectivity index (χ4v) is 3.01. The number of rotatable bonds is 5. The lowest BCUT2D eigenvalue weighted by Crippen LogP contribution is -2.28. The second-order valence-electron chi connectivity index (χ2n) is 4.21. The molecule has 1 atom stereocenters. The largest absolute Gasteiger partial charge is 0.481 e. The topological polar surface area (TPSA) is 40.5 Å². The standard InChI is InChI=1S/C12H15Br2NO2/c1-8(12(16)17)6-15(2)7-9-3-10(13)5-11(14)4-9/h3-5,8H,6-7H2,1-2H3,(H,16,17). The van der Waals surface area contributed by atoms with E-state index < -0.39 is 5.97 Å². The van der Waals surface area contributed by atoms with Gasteiger partial charge in [-0.15, -0.1) is 0 Å². The van der Waals surface area contributed by atoms with Gasteiger partial charge in [-0.2, -0.15) is 0 Å². The van der Waals surface area contributed by atoms with Crippen LogP contribution in [-0.4, -0.2) is 29.6 Å². The van der Waals surface area contributed by atoms with Crippen LogP contribution in [0, 0.1) is 5.92 Å². The van der Waals surface area contributed by atoms with Crippen molar-refractivity contribution in [1.82, 2.24) is 4.90 Å². The molecule has 3 nitrogen and oxygen atoms in total. The van der Waals surface area contributed by atoms with E-state index in [0.29, 0.717) is 6.54 Å². The van der Waals surface area contributed by atoms with E-state index in [1.165, 1.54) is 0 Å². The third-order valence-electron chi connectivity index (χ3n) is 2.38. The van der Waals surface area contributed by atoms with Crippen molar-refractivity contribution in [3.05, 3.63) is 32.7 Å². The zero-order valence-corrected chi connectivity index (χ0v) is 13.0. The Labute approximate surface area is 118 Å². The molecule has 94 valence electrons. The highest BCUT2D eigenvalue weighted by Gasteiger charge is 2.13. The molecule has 0 aromatic heterocycles. The molecular weight excluding hydrogens is 350 g/mol. The third-order valence-corrected chi connectivity index (χ3v) is 3.30. The normalized spacial score (nSPS) is 12.8. The molecule has 1 aromatic rings. The zero-order valence-electron chi connectivity index (χ0n) is 9.78. The van der Waals surface area contributed by atoms with Gasteiger partial charge in [-0.1, -0.05) is 38.8 Å². The van der Waals surface area contributed by atoms with Gasteiger partial charge in [0, 0.05) is 22.0 Å². The predicted molar refractivity (Wildman–Crippen MR) is 75.0 cm³/mol. The molecule has 0 aliphatic rings. The number of halogens is 2. The first-order valence-electron chi connectivity index (χ1n) is 5.25. The summed E-state index contributed by atoms with van der Waals surface area (Å²) in [4.78, 5) is 12.8. The Balaban J connectivity index is 2.61. The van der Waals surface area contributed by atoms with Crippen LogP contribution in [0.25, 0.3) is 0 Å². The molecule has 1 unspecified atom stereocenters. The van der Waals surface area contributed by atoms with E-state index in [1.54, 1.807) is 6.92 Å². The van der Waals surface area contributed by atoms with Crippen LogP contribution in [0.1, 0.15) is 12.5 Å². The molecule has 0 saturated carbocycles. The fourth-order valence-electron chi connectivity index (χ4n) is 1.62. The Morgan fingerprint density at radius 2 is 1.88 bits per heavy atom. The summed E-state index contributed by atoms with van der Waals surface area (Å²) in [5.74, 6) is -1.11. The number of hydrogen-bond donors (Lipinski definition) is 1. The minimum atomic E-state index is -0.757. The summed E-state index contributed by atoms with van der Waals surface area (Å²) in [6.07, 6.45) is 0. The fraction of sp³-hybridized carbons (Fsp3) is 0.417. The van der Waals surface area contributed by atoms with Crippen molar-refractivity contribution in [2.45, 2.75) is 13.5 Å². The summed E-state index contributed by atoms with van der Waals surface area (Å²) in [5.41, 5.74) is 1.14. The highest BCUT2D eigenvalue weighted by Crippen LogP contribution is 2.21. The summed E-state index contributed by atoms with van der Waals surface area (Å²) >= 11 is 6.87. The van der Waals surface area contributed by atoms with Crippen molar-refractivity contribution in [3.63, 3.8) is 0 Å². The first kappa shape index (κ1) is 14.7.